The Morgan fingerprint density at radius 2 is 1.61 bits per heavy atom. The van der Waals surface area contributed by atoms with Crippen LogP contribution >= 0.6 is 11.6 Å². The lowest BCUT2D eigenvalue weighted by Crippen LogP contribution is -2.31. The van der Waals surface area contributed by atoms with Gasteiger partial charge in [0.05, 0.1) is 16.8 Å². The molecule has 23 heavy (non-hydrogen) atoms. The zero-order chi connectivity index (χ0) is 16.9. The highest BCUT2D eigenvalue weighted by atomic mass is 35.5. The number of rotatable bonds is 2. The van der Waals surface area contributed by atoms with Crippen LogP contribution in [-0.2, 0) is 0 Å². The summed E-state index contributed by atoms with van der Waals surface area (Å²) in [6.07, 6.45) is 0. The fraction of sp³-hybridized carbons (Fsp3) is 0.167. The Kier molecular flexibility index (Phi) is 3.57. The van der Waals surface area contributed by atoms with E-state index >= 15 is 0 Å². The van der Waals surface area contributed by atoms with Crippen LogP contribution in [0.5, 0.6) is 0 Å². The molecule has 2 amide bonds. The minimum absolute atomic E-state index is 0.0624. The van der Waals surface area contributed by atoms with Crippen LogP contribution < -0.4 is 4.90 Å². The van der Waals surface area contributed by atoms with Gasteiger partial charge in [0.25, 0.3) is 17.1 Å². The standard InChI is InChI=1S/C18H14ClNO3/c1-9-7-10(2)15(11(3)8-9)20-17(22)13-6-4-5-12(16(19)21)14(13)18(20)23/h4-8H,1-3H3. The van der Waals surface area contributed by atoms with Gasteiger partial charge in [-0.05, 0) is 55.6 Å². The summed E-state index contributed by atoms with van der Waals surface area (Å²) in [5.74, 6) is -0.940. The predicted octanol–water partition coefficient (Wildman–Crippen LogP) is 3.79. The molecule has 0 aliphatic carbocycles. The molecule has 0 atom stereocenters. The van der Waals surface area contributed by atoms with Crippen molar-refractivity contribution in [1.82, 2.24) is 0 Å². The van der Waals surface area contributed by atoms with Crippen LogP contribution in [0, 0.1) is 20.8 Å². The summed E-state index contributed by atoms with van der Waals surface area (Å²) < 4.78 is 0. The second-order valence-corrected chi connectivity index (χ2v) is 6.04. The Labute approximate surface area is 138 Å². The van der Waals surface area contributed by atoms with Crippen molar-refractivity contribution in [2.45, 2.75) is 20.8 Å². The summed E-state index contributed by atoms with van der Waals surface area (Å²) in [4.78, 5) is 38.2. The number of aryl methyl sites for hydroxylation is 3. The SMILES string of the molecule is Cc1cc(C)c(N2C(=O)c3cccc(C(=O)Cl)c3C2=O)c(C)c1. The third-order valence-electron chi connectivity index (χ3n) is 3.99. The molecule has 2 aromatic carbocycles. The molecule has 2 aromatic rings. The number of anilines is 1. The molecule has 0 fully saturated rings. The molecule has 0 saturated carbocycles. The molecule has 1 aliphatic rings. The Morgan fingerprint density at radius 1 is 1.00 bits per heavy atom. The van der Waals surface area contributed by atoms with Crippen molar-refractivity contribution in [3.05, 3.63) is 63.7 Å². The molecule has 0 unspecified atom stereocenters. The van der Waals surface area contributed by atoms with Crippen molar-refractivity contribution < 1.29 is 14.4 Å². The average molecular weight is 328 g/mol. The van der Waals surface area contributed by atoms with E-state index in [1.54, 1.807) is 6.07 Å². The molecule has 0 spiro atoms. The number of hydrogen-bond donors (Lipinski definition) is 0. The highest BCUT2D eigenvalue weighted by Gasteiger charge is 2.40. The van der Waals surface area contributed by atoms with Gasteiger partial charge in [0, 0.05) is 5.56 Å². The fourth-order valence-corrected chi connectivity index (χ4v) is 3.33. The van der Waals surface area contributed by atoms with Crippen LogP contribution in [0.4, 0.5) is 5.69 Å². The lowest BCUT2D eigenvalue weighted by atomic mass is 10.0. The van der Waals surface area contributed by atoms with Crippen LogP contribution in [0.3, 0.4) is 0 Å². The number of carbonyl (C=O) groups excluding carboxylic acids is 3. The molecule has 1 heterocycles. The summed E-state index contributed by atoms with van der Waals surface area (Å²) in [6.45, 7) is 5.66. The van der Waals surface area contributed by atoms with E-state index in [2.05, 4.69) is 0 Å². The third-order valence-corrected chi connectivity index (χ3v) is 4.19. The van der Waals surface area contributed by atoms with Gasteiger partial charge in [0.1, 0.15) is 0 Å². The highest BCUT2D eigenvalue weighted by molar-refractivity contribution is 6.68. The summed E-state index contributed by atoms with van der Waals surface area (Å²) in [7, 11) is 0. The average Bonchev–Trinajstić information content (AvgIpc) is 2.71. The number of carbonyl (C=O) groups is 3. The lowest BCUT2D eigenvalue weighted by Gasteiger charge is -2.20. The van der Waals surface area contributed by atoms with Crippen molar-refractivity contribution in [3.8, 4) is 0 Å². The first-order valence-corrected chi connectivity index (χ1v) is 7.50. The smallest absolute Gasteiger partial charge is 0.266 e. The minimum Gasteiger partial charge on any atom is -0.276 e. The molecular formula is C18H14ClNO3. The van der Waals surface area contributed by atoms with Crippen LogP contribution in [0.2, 0.25) is 0 Å². The molecule has 0 radical (unpaired) electrons. The molecule has 5 heteroatoms. The number of hydrogen-bond acceptors (Lipinski definition) is 3. The normalized spacial score (nSPS) is 13.5. The second kappa shape index (κ2) is 5.32. The van der Waals surface area contributed by atoms with E-state index in [1.807, 2.05) is 32.9 Å². The zero-order valence-corrected chi connectivity index (χ0v) is 13.7. The van der Waals surface area contributed by atoms with Gasteiger partial charge < -0.3 is 0 Å². The van der Waals surface area contributed by atoms with Gasteiger partial charge in [0.15, 0.2) is 0 Å². The zero-order valence-electron chi connectivity index (χ0n) is 12.9. The topological polar surface area (TPSA) is 54.5 Å². The minimum atomic E-state index is -0.748. The van der Waals surface area contributed by atoms with E-state index in [0.29, 0.717) is 5.69 Å². The van der Waals surface area contributed by atoms with Crippen molar-refractivity contribution in [2.75, 3.05) is 4.90 Å². The van der Waals surface area contributed by atoms with E-state index < -0.39 is 17.1 Å². The molecule has 0 bridgehead atoms. The molecule has 0 N–H and O–H groups in total. The largest absolute Gasteiger partial charge is 0.276 e. The molecule has 1 aliphatic heterocycles. The molecule has 3 rings (SSSR count). The summed E-state index contributed by atoms with van der Waals surface area (Å²) >= 11 is 5.56. The van der Waals surface area contributed by atoms with Crippen LogP contribution in [-0.4, -0.2) is 17.1 Å². The monoisotopic (exact) mass is 327 g/mol. The quantitative estimate of drug-likeness (QED) is 0.623. The van der Waals surface area contributed by atoms with E-state index in [-0.39, 0.29) is 16.7 Å². The Bertz CT molecular complexity index is 863. The Balaban J connectivity index is 2.23. The van der Waals surface area contributed by atoms with Crippen molar-refractivity contribution in [3.63, 3.8) is 0 Å². The maximum atomic E-state index is 12.8. The lowest BCUT2D eigenvalue weighted by molar-refractivity contribution is 0.0922. The van der Waals surface area contributed by atoms with Crippen LogP contribution in [0.1, 0.15) is 47.8 Å². The van der Waals surface area contributed by atoms with Crippen molar-refractivity contribution in [1.29, 1.82) is 0 Å². The number of halogens is 1. The summed E-state index contributed by atoms with van der Waals surface area (Å²) in [6, 6.07) is 8.38. The summed E-state index contributed by atoms with van der Waals surface area (Å²) in [5.41, 5.74) is 3.63. The van der Waals surface area contributed by atoms with E-state index in [0.717, 1.165) is 21.6 Å². The molecule has 0 aromatic heterocycles. The number of benzene rings is 2. The van der Waals surface area contributed by atoms with Gasteiger partial charge in [-0.3, -0.25) is 14.4 Å². The maximum Gasteiger partial charge on any atom is 0.266 e. The molecule has 116 valence electrons. The molecule has 0 saturated heterocycles. The fourth-order valence-electron chi connectivity index (χ4n) is 3.18. The highest BCUT2D eigenvalue weighted by Crippen LogP contribution is 2.35. The Hall–Kier alpha value is -2.46. The predicted molar refractivity (Wildman–Crippen MR) is 88.4 cm³/mol. The van der Waals surface area contributed by atoms with Gasteiger partial charge >= 0.3 is 0 Å². The van der Waals surface area contributed by atoms with Gasteiger partial charge in [-0.1, -0.05) is 23.8 Å². The third kappa shape index (κ3) is 2.26. The first-order chi connectivity index (χ1) is 10.8. The van der Waals surface area contributed by atoms with Crippen molar-refractivity contribution in [2.24, 2.45) is 0 Å². The van der Waals surface area contributed by atoms with E-state index in [9.17, 15) is 14.4 Å². The van der Waals surface area contributed by atoms with E-state index in [1.165, 1.54) is 12.1 Å². The van der Waals surface area contributed by atoms with Gasteiger partial charge in [0.2, 0.25) is 0 Å². The molecular weight excluding hydrogens is 314 g/mol. The number of nitrogens with zero attached hydrogens (tertiary/aromatic N) is 1. The van der Waals surface area contributed by atoms with Crippen LogP contribution in [0.15, 0.2) is 30.3 Å². The number of imide groups is 1. The first kappa shape index (κ1) is 15.4. The molecule has 4 nitrogen and oxygen atoms in total. The number of amides is 2. The van der Waals surface area contributed by atoms with Crippen molar-refractivity contribution >= 4 is 34.3 Å². The van der Waals surface area contributed by atoms with Gasteiger partial charge in [-0.25, -0.2) is 4.90 Å². The maximum absolute atomic E-state index is 12.8. The number of fused-ring (bicyclic) bond motifs is 1. The Morgan fingerprint density at radius 3 is 2.17 bits per heavy atom. The van der Waals surface area contributed by atoms with Crippen LogP contribution in [0.25, 0.3) is 0 Å². The first-order valence-electron chi connectivity index (χ1n) is 7.12. The summed E-state index contributed by atoms with van der Waals surface area (Å²) in [5, 5.41) is -0.748. The second-order valence-electron chi connectivity index (χ2n) is 5.69. The van der Waals surface area contributed by atoms with Gasteiger partial charge in [-0.15, -0.1) is 0 Å². The van der Waals surface area contributed by atoms with E-state index in [4.69, 9.17) is 11.6 Å². The van der Waals surface area contributed by atoms with Gasteiger partial charge in [-0.2, -0.15) is 0 Å².